The maximum Gasteiger partial charge on any atom is 0.307 e. The first kappa shape index (κ1) is 15.8. The summed E-state index contributed by atoms with van der Waals surface area (Å²) in [6.07, 6.45) is 1.59. The number of hydrazone groups is 1. The quantitative estimate of drug-likeness (QED) is 0.572. The van der Waals surface area contributed by atoms with Crippen LogP contribution in [0.4, 0.5) is 0 Å². The van der Waals surface area contributed by atoms with Crippen LogP contribution < -0.4 is 10.2 Å². The molecule has 3 aromatic rings. The van der Waals surface area contributed by atoms with Gasteiger partial charge in [0.25, 0.3) is 0 Å². The molecule has 0 aliphatic carbocycles. The Balaban J connectivity index is 1.70. The lowest BCUT2D eigenvalue weighted by Crippen LogP contribution is -2.16. The molecule has 122 valence electrons. The number of furan rings is 1. The first-order valence-electron chi connectivity index (χ1n) is 7.72. The molecule has 0 unspecified atom stereocenters. The molecule has 0 spiro atoms. The maximum atomic E-state index is 12.1. The lowest BCUT2D eigenvalue weighted by molar-refractivity contribution is 0.0929. The molecule has 0 saturated heterocycles. The number of amides is 1. The van der Waals surface area contributed by atoms with E-state index < -0.39 is 5.91 Å². The number of carbonyl (C=O) groups excluding carboxylic acids is 1. The lowest BCUT2D eigenvalue weighted by atomic mass is 10.2. The third kappa shape index (κ3) is 3.63. The van der Waals surface area contributed by atoms with Crippen molar-refractivity contribution in [2.75, 3.05) is 6.61 Å². The minimum absolute atomic E-state index is 0.208. The predicted molar refractivity (Wildman–Crippen MR) is 93.6 cm³/mol. The van der Waals surface area contributed by atoms with Gasteiger partial charge in [-0.2, -0.15) is 5.10 Å². The molecule has 5 nitrogen and oxygen atoms in total. The van der Waals surface area contributed by atoms with Gasteiger partial charge in [0.15, 0.2) is 5.76 Å². The van der Waals surface area contributed by atoms with Crippen molar-refractivity contribution in [2.24, 2.45) is 5.10 Å². The van der Waals surface area contributed by atoms with E-state index in [1.54, 1.807) is 18.3 Å². The highest BCUT2D eigenvalue weighted by atomic mass is 16.5. The van der Waals surface area contributed by atoms with E-state index in [0.717, 1.165) is 16.7 Å². The van der Waals surface area contributed by atoms with Crippen molar-refractivity contribution in [3.63, 3.8) is 0 Å². The zero-order valence-corrected chi connectivity index (χ0v) is 13.6. The number of hydrogen-bond donors (Lipinski definition) is 1. The minimum atomic E-state index is -0.396. The first-order chi connectivity index (χ1) is 11.7. The van der Waals surface area contributed by atoms with Crippen LogP contribution in [0.3, 0.4) is 0 Å². The van der Waals surface area contributed by atoms with Gasteiger partial charge in [-0.3, -0.25) is 4.79 Å². The molecule has 1 N–H and O–H groups in total. The van der Waals surface area contributed by atoms with Crippen molar-refractivity contribution in [1.82, 2.24) is 5.43 Å². The smallest absolute Gasteiger partial charge is 0.307 e. The molecule has 0 radical (unpaired) electrons. The van der Waals surface area contributed by atoms with Gasteiger partial charge in [-0.05, 0) is 43.7 Å². The normalized spacial score (nSPS) is 11.1. The number of hydrogen-bond acceptors (Lipinski definition) is 4. The summed E-state index contributed by atoms with van der Waals surface area (Å²) in [5, 5.41) is 4.77. The lowest BCUT2D eigenvalue weighted by Gasteiger charge is -2.00. The highest BCUT2D eigenvalue weighted by molar-refractivity contribution is 5.96. The molecule has 1 heterocycles. The van der Waals surface area contributed by atoms with Crippen LogP contribution in [0.25, 0.3) is 11.0 Å². The fourth-order valence-electron chi connectivity index (χ4n) is 2.26. The molecule has 1 aromatic heterocycles. The highest BCUT2D eigenvalue weighted by Gasteiger charge is 2.12. The predicted octanol–water partition coefficient (Wildman–Crippen LogP) is 3.90. The van der Waals surface area contributed by atoms with E-state index >= 15 is 0 Å². The number of nitrogens with zero attached hydrogens (tertiary/aromatic N) is 1. The van der Waals surface area contributed by atoms with Crippen molar-refractivity contribution < 1.29 is 13.9 Å². The number of ether oxygens (including phenoxy) is 1. The summed E-state index contributed by atoms with van der Waals surface area (Å²) in [5.74, 6) is 0.558. The second-order valence-corrected chi connectivity index (χ2v) is 5.35. The van der Waals surface area contributed by atoms with Crippen LogP contribution in [0.15, 0.2) is 58.0 Å². The van der Waals surface area contributed by atoms with Crippen LogP contribution in [-0.4, -0.2) is 18.7 Å². The molecule has 0 aliphatic heterocycles. The second kappa shape index (κ2) is 7.00. The summed E-state index contributed by atoms with van der Waals surface area (Å²) in [7, 11) is 0. The molecule has 0 fully saturated rings. The van der Waals surface area contributed by atoms with Gasteiger partial charge in [0.2, 0.25) is 0 Å². The van der Waals surface area contributed by atoms with E-state index in [2.05, 4.69) is 10.5 Å². The van der Waals surface area contributed by atoms with Crippen LogP contribution in [0.5, 0.6) is 5.75 Å². The van der Waals surface area contributed by atoms with Crippen LogP contribution in [0, 0.1) is 6.92 Å². The summed E-state index contributed by atoms with van der Waals surface area (Å²) < 4.78 is 11.0. The number of rotatable bonds is 5. The summed E-state index contributed by atoms with van der Waals surface area (Å²) in [6.45, 7) is 4.52. The number of aryl methyl sites for hydroxylation is 1. The number of carbonyl (C=O) groups is 1. The summed E-state index contributed by atoms with van der Waals surface area (Å²) in [5.41, 5.74) is 5.18. The fourth-order valence-corrected chi connectivity index (χ4v) is 2.26. The van der Waals surface area contributed by atoms with Gasteiger partial charge in [-0.25, -0.2) is 5.43 Å². The molecular weight excluding hydrogens is 304 g/mol. The maximum absolute atomic E-state index is 12.1. The summed E-state index contributed by atoms with van der Waals surface area (Å²) in [4.78, 5) is 12.1. The Labute approximate surface area is 139 Å². The van der Waals surface area contributed by atoms with Crippen LogP contribution in [-0.2, 0) is 0 Å². The largest absolute Gasteiger partial charge is 0.494 e. The molecule has 0 saturated carbocycles. The van der Waals surface area contributed by atoms with Gasteiger partial charge in [0.1, 0.15) is 11.3 Å². The Morgan fingerprint density at radius 1 is 1.21 bits per heavy atom. The van der Waals surface area contributed by atoms with E-state index in [1.807, 2.05) is 50.2 Å². The van der Waals surface area contributed by atoms with Crippen LogP contribution in [0.1, 0.15) is 28.6 Å². The highest BCUT2D eigenvalue weighted by Crippen LogP contribution is 2.24. The van der Waals surface area contributed by atoms with Gasteiger partial charge < -0.3 is 9.15 Å². The molecule has 1 amide bonds. The molecule has 0 atom stereocenters. The molecule has 5 heteroatoms. The van der Waals surface area contributed by atoms with Crippen LogP contribution >= 0.6 is 0 Å². The van der Waals surface area contributed by atoms with E-state index in [0.29, 0.717) is 12.2 Å². The molecule has 24 heavy (non-hydrogen) atoms. The topological polar surface area (TPSA) is 63.8 Å². The van der Waals surface area contributed by atoms with Gasteiger partial charge in [0.05, 0.1) is 12.8 Å². The standard InChI is InChI=1S/C19H18N2O3/c1-3-23-16-8-9-17-15(10-16)11-18(24-17)19(22)21-20-12-14-6-4-13(2)5-7-14/h4-12H,3H2,1-2H3,(H,21,22)/b20-12+. The van der Waals surface area contributed by atoms with E-state index in [-0.39, 0.29) is 5.76 Å². The zero-order valence-electron chi connectivity index (χ0n) is 13.6. The number of nitrogens with one attached hydrogen (secondary N) is 1. The Morgan fingerprint density at radius 2 is 2.00 bits per heavy atom. The molecular formula is C19H18N2O3. The Morgan fingerprint density at radius 3 is 2.75 bits per heavy atom. The molecule has 2 aromatic carbocycles. The van der Waals surface area contributed by atoms with Crippen molar-refractivity contribution in [3.8, 4) is 5.75 Å². The SMILES string of the molecule is CCOc1ccc2oc(C(=O)N/N=C/c3ccc(C)cc3)cc2c1. The minimum Gasteiger partial charge on any atom is -0.494 e. The molecule has 3 rings (SSSR count). The van der Waals surface area contributed by atoms with Crippen molar-refractivity contribution in [3.05, 3.63) is 65.4 Å². The van der Waals surface area contributed by atoms with Gasteiger partial charge in [-0.1, -0.05) is 29.8 Å². The summed E-state index contributed by atoms with van der Waals surface area (Å²) >= 11 is 0. The zero-order chi connectivity index (χ0) is 16.9. The monoisotopic (exact) mass is 322 g/mol. The van der Waals surface area contributed by atoms with Gasteiger partial charge in [-0.15, -0.1) is 0 Å². The first-order valence-corrected chi connectivity index (χ1v) is 7.72. The average molecular weight is 322 g/mol. The van der Waals surface area contributed by atoms with E-state index in [1.165, 1.54) is 5.56 Å². The fraction of sp³-hybridized carbons (Fsp3) is 0.158. The van der Waals surface area contributed by atoms with Crippen molar-refractivity contribution >= 4 is 23.1 Å². The number of fused-ring (bicyclic) bond motifs is 1. The third-order valence-corrected chi connectivity index (χ3v) is 3.48. The molecule has 0 aliphatic rings. The van der Waals surface area contributed by atoms with Crippen molar-refractivity contribution in [1.29, 1.82) is 0 Å². The summed E-state index contributed by atoms with van der Waals surface area (Å²) in [6, 6.07) is 14.9. The Hall–Kier alpha value is -3.08. The van der Waals surface area contributed by atoms with Crippen LogP contribution in [0.2, 0.25) is 0 Å². The Bertz CT molecular complexity index is 879. The third-order valence-electron chi connectivity index (χ3n) is 3.48. The van der Waals surface area contributed by atoms with Crippen molar-refractivity contribution in [2.45, 2.75) is 13.8 Å². The Kier molecular flexibility index (Phi) is 4.61. The van der Waals surface area contributed by atoms with E-state index in [4.69, 9.17) is 9.15 Å². The van der Waals surface area contributed by atoms with Gasteiger partial charge in [0, 0.05) is 5.39 Å². The molecule has 0 bridgehead atoms. The van der Waals surface area contributed by atoms with E-state index in [9.17, 15) is 4.79 Å². The van der Waals surface area contributed by atoms with Gasteiger partial charge >= 0.3 is 5.91 Å². The second-order valence-electron chi connectivity index (χ2n) is 5.35. The number of benzene rings is 2. The average Bonchev–Trinajstić information content (AvgIpc) is 3.00.